The third-order valence-electron chi connectivity index (χ3n) is 15.6. The first kappa shape index (κ1) is 40.5. The Balaban J connectivity index is 0.969. The molecule has 4 aromatic heterocycles. The van der Waals surface area contributed by atoms with Crippen LogP contribution in [0.5, 0.6) is 0 Å². The zero-order valence-electron chi connectivity index (χ0n) is 39.5. The summed E-state index contributed by atoms with van der Waals surface area (Å²) in [6.07, 6.45) is 3.25. The molecule has 73 heavy (non-hydrogen) atoms. The minimum absolute atomic E-state index is 0.440. The van der Waals surface area contributed by atoms with Gasteiger partial charge in [-0.25, -0.2) is 15.0 Å². The quantitative estimate of drug-likeness (QED) is 0.172. The van der Waals surface area contributed by atoms with Crippen LogP contribution in [0.15, 0.2) is 217 Å². The van der Waals surface area contributed by atoms with Crippen molar-refractivity contribution in [2.24, 2.45) is 0 Å². The van der Waals surface area contributed by atoms with Crippen molar-refractivity contribution in [3.63, 3.8) is 0 Å². The van der Waals surface area contributed by atoms with E-state index in [1.165, 1.54) is 64.5 Å². The van der Waals surface area contributed by atoms with Crippen molar-refractivity contribution in [2.75, 3.05) is 4.90 Å². The average molecular weight is 952 g/mol. The average Bonchev–Trinajstić information content (AvgIpc) is 4.23. The van der Waals surface area contributed by atoms with Gasteiger partial charge >= 0.3 is 0 Å². The van der Waals surface area contributed by atoms with Gasteiger partial charge in [-0.3, -0.25) is 0 Å². The first-order valence-electron chi connectivity index (χ1n) is 24.9. The molecule has 342 valence electrons. The van der Waals surface area contributed by atoms with Crippen LogP contribution in [0.1, 0.15) is 18.9 Å². The van der Waals surface area contributed by atoms with E-state index in [4.69, 9.17) is 19.4 Å². The van der Waals surface area contributed by atoms with Gasteiger partial charge in [-0.15, -0.1) is 11.3 Å². The highest BCUT2D eigenvalue weighted by Gasteiger charge is 2.46. The standard InChI is InChI=1S/C66H41N5OS/c1-66-34-33-40-16-4-5-18-45(40)60(66)53-36-43(70-55-25-10-6-19-46(55)47-20-7-11-26-56(47)70)31-32-57(53)71(66)44-37-52-49-22-9-13-28-59(49)73-62(52)54(38-44)65-68-63(42-30-29-39-15-2-3-17-41(39)35-42)67-64(69-65)51-24-14-23-50-48-21-8-12-27-58(48)72-61(50)51/h2-33,35-38H,34H2,1H3. The molecule has 14 aromatic rings. The lowest BCUT2D eigenvalue weighted by molar-refractivity contribution is 0.618. The Bertz CT molecular complexity index is 4780. The van der Waals surface area contributed by atoms with Crippen molar-refractivity contribution in [3.8, 4) is 39.9 Å². The predicted molar refractivity (Wildman–Crippen MR) is 302 cm³/mol. The Labute approximate surface area is 422 Å². The summed E-state index contributed by atoms with van der Waals surface area (Å²) in [5.41, 5.74) is 12.2. The number of fused-ring (bicyclic) bond motifs is 14. The number of rotatable bonds is 5. The summed E-state index contributed by atoms with van der Waals surface area (Å²) in [6.45, 7) is 2.43. The summed E-state index contributed by atoms with van der Waals surface area (Å²) in [4.78, 5) is 19.0. The fraction of sp³-hybridized carbons (Fsp3) is 0.0455. The van der Waals surface area contributed by atoms with E-state index in [1.807, 2.05) is 12.1 Å². The summed E-state index contributed by atoms with van der Waals surface area (Å²) < 4.78 is 11.4. The zero-order valence-corrected chi connectivity index (χ0v) is 40.4. The largest absolute Gasteiger partial charge is 0.455 e. The molecule has 0 bridgehead atoms. The van der Waals surface area contributed by atoms with Crippen molar-refractivity contribution in [1.82, 2.24) is 19.5 Å². The molecule has 0 fully saturated rings. The second kappa shape index (κ2) is 15.2. The molecule has 0 radical (unpaired) electrons. The second-order valence-corrected chi connectivity index (χ2v) is 20.7. The molecule has 0 N–H and O–H groups in total. The van der Waals surface area contributed by atoms with Gasteiger partial charge in [0.15, 0.2) is 17.5 Å². The Morgan fingerprint density at radius 1 is 0.493 bits per heavy atom. The van der Waals surface area contributed by atoms with Gasteiger partial charge in [-0.1, -0.05) is 152 Å². The molecule has 6 nitrogen and oxygen atoms in total. The molecular weight excluding hydrogens is 911 g/mol. The van der Waals surface area contributed by atoms with E-state index in [9.17, 15) is 0 Å². The number of para-hydroxylation sites is 4. The number of furan rings is 1. The molecule has 5 heterocycles. The van der Waals surface area contributed by atoms with Crippen molar-refractivity contribution < 1.29 is 4.42 Å². The summed E-state index contributed by atoms with van der Waals surface area (Å²) in [7, 11) is 0. The number of benzene rings is 10. The smallest absolute Gasteiger partial charge is 0.167 e. The van der Waals surface area contributed by atoms with E-state index in [2.05, 4.69) is 223 Å². The van der Waals surface area contributed by atoms with Crippen LogP contribution in [-0.2, 0) is 0 Å². The highest BCUT2D eigenvalue weighted by atomic mass is 32.1. The Kier molecular flexibility index (Phi) is 8.43. The van der Waals surface area contributed by atoms with Crippen LogP contribution in [0.4, 0.5) is 11.4 Å². The number of anilines is 2. The van der Waals surface area contributed by atoms with Gasteiger partial charge < -0.3 is 13.9 Å². The van der Waals surface area contributed by atoms with E-state index in [0.717, 1.165) is 71.9 Å². The summed E-state index contributed by atoms with van der Waals surface area (Å²) in [6, 6.07) is 76.5. The maximum Gasteiger partial charge on any atom is 0.167 e. The van der Waals surface area contributed by atoms with E-state index in [1.54, 1.807) is 11.3 Å². The Morgan fingerprint density at radius 2 is 1.16 bits per heavy atom. The van der Waals surface area contributed by atoms with E-state index < -0.39 is 5.54 Å². The second-order valence-electron chi connectivity index (χ2n) is 19.7. The van der Waals surface area contributed by atoms with E-state index in [-0.39, 0.29) is 0 Å². The van der Waals surface area contributed by atoms with Crippen LogP contribution in [-0.4, -0.2) is 25.1 Å². The molecule has 0 spiro atoms. The molecule has 1 atom stereocenters. The third-order valence-corrected chi connectivity index (χ3v) is 16.8. The van der Waals surface area contributed by atoms with Crippen molar-refractivity contribution >= 4 is 109 Å². The molecule has 1 aliphatic heterocycles. The molecule has 1 unspecified atom stereocenters. The van der Waals surface area contributed by atoms with E-state index in [0.29, 0.717) is 17.5 Å². The molecule has 7 heteroatoms. The summed E-state index contributed by atoms with van der Waals surface area (Å²) in [5.74, 6) is 1.77. The van der Waals surface area contributed by atoms with Crippen LogP contribution >= 0.6 is 11.3 Å². The van der Waals surface area contributed by atoms with Gasteiger partial charge in [-0.05, 0) is 107 Å². The molecule has 0 saturated heterocycles. The molecule has 2 aliphatic rings. The van der Waals surface area contributed by atoms with Crippen LogP contribution in [0.25, 0.3) is 126 Å². The fourth-order valence-corrected chi connectivity index (χ4v) is 13.5. The SMILES string of the molecule is CC12CC=c3ccccc3=C1c1cc(-n3c4ccccc4c4ccccc43)ccc1N2c1cc(-c2nc(-c3ccc4ccccc4c3)nc(-c3cccc4c3oc3ccccc34)n2)c2sc3ccccc3c2c1. The third kappa shape index (κ3) is 5.88. The van der Waals surface area contributed by atoms with Gasteiger partial charge in [0.2, 0.25) is 0 Å². The lowest BCUT2D eigenvalue weighted by atomic mass is 9.81. The van der Waals surface area contributed by atoms with E-state index >= 15 is 0 Å². The van der Waals surface area contributed by atoms with Crippen LogP contribution in [0.2, 0.25) is 0 Å². The molecule has 16 rings (SSSR count). The summed E-state index contributed by atoms with van der Waals surface area (Å²) in [5, 5.41) is 11.8. The first-order valence-corrected chi connectivity index (χ1v) is 25.7. The topological polar surface area (TPSA) is 60.0 Å². The highest BCUT2D eigenvalue weighted by Crippen LogP contribution is 2.55. The number of aromatic nitrogens is 4. The van der Waals surface area contributed by atoms with Gasteiger partial charge in [0.25, 0.3) is 0 Å². The Hall–Kier alpha value is -9.17. The number of hydrogen-bond acceptors (Lipinski definition) is 6. The summed E-state index contributed by atoms with van der Waals surface area (Å²) >= 11 is 1.79. The first-order chi connectivity index (χ1) is 36.0. The normalized spacial score (nSPS) is 15.2. The van der Waals surface area contributed by atoms with Gasteiger partial charge in [0.05, 0.1) is 22.1 Å². The molecular formula is C66H41N5OS. The maximum absolute atomic E-state index is 6.67. The van der Waals surface area contributed by atoms with Crippen molar-refractivity contribution in [1.29, 1.82) is 0 Å². The van der Waals surface area contributed by atoms with Gasteiger partial charge in [-0.2, -0.15) is 0 Å². The fourth-order valence-electron chi connectivity index (χ4n) is 12.3. The van der Waals surface area contributed by atoms with Crippen molar-refractivity contribution in [3.05, 3.63) is 228 Å². The Morgan fingerprint density at radius 3 is 2.01 bits per heavy atom. The minimum atomic E-state index is -0.440. The lowest BCUT2D eigenvalue weighted by Gasteiger charge is -2.39. The highest BCUT2D eigenvalue weighted by molar-refractivity contribution is 7.26. The van der Waals surface area contributed by atoms with Crippen LogP contribution in [0.3, 0.4) is 0 Å². The molecule has 10 aromatic carbocycles. The van der Waals surface area contributed by atoms with Gasteiger partial charge in [0.1, 0.15) is 11.2 Å². The number of hydrogen-bond donors (Lipinski definition) is 0. The molecule has 0 amide bonds. The van der Waals surface area contributed by atoms with Gasteiger partial charge in [0, 0.05) is 75.5 Å². The van der Waals surface area contributed by atoms with Crippen LogP contribution < -0.4 is 15.3 Å². The molecule has 0 saturated carbocycles. The zero-order chi connectivity index (χ0) is 47.9. The number of nitrogens with zero attached hydrogens (tertiary/aromatic N) is 5. The van der Waals surface area contributed by atoms with Crippen LogP contribution in [0, 0.1) is 0 Å². The monoisotopic (exact) mass is 951 g/mol. The van der Waals surface area contributed by atoms with Crippen molar-refractivity contribution in [2.45, 2.75) is 18.9 Å². The predicted octanol–water partition coefficient (Wildman–Crippen LogP) is 15.7. The maximum atomic E-state index is 6.67. The number of thiophene rings is 1. The molecule has 1 aliphatic carbocycles. The minimum Gasteiger partial charge on any atom is -0.455 e. The lowest BCUT2D eigenvalue weighted by Crippen LogP contribution is -2.47.